The van der Waals surface area contributed by atoms with Gasteiger partial charge in [0.15, 0.2) is 5.96 Å². The first-order chi connectivity index (χ1) is 10.8. The molecular formula is C17H35IN4O. The minimum Gasteiger partial charge on any atom is -0.381 e. The molecule has 0 saturated heterocycles. The molecule has 0 aromatic carbocycles. The van der Waals surface area contributed by atoms with Crippen molar-refractivity contribution in [2.45, 2.75) is 51.0 Å². The van der Waals surface area contributed by atoms with E-state index in [2.05, 4.69) is 27.6 Å². The average molecular weight is 438 g/mol. The van der Waals surface area contributed by atoms with E-state index in [1.165, 1.54) is 38.5 Å². The van der Waals surface area contributed by atoms with Crippen molar-refractivity contribution in [1.82, 2.24) is 15.5 Å². The van der Waals surface area contributed by atoms with Gasteiger partial charge in [-0.2, -0.15) is 0 Å². The zero-order valence-electron chi connectivity index (χ0n) is 14.9. The summed E-state index contributed by atoms with van der Waals surface area (Å²) in [5.41, 5.74) is 0. The largest absolute Gasteiger partial charge is 0.381 e. The molecule has 0 spiro atoms. The van der Waals surface area contributed by atoms with Gasteiger partial charge in [-0.15, -0.1) is 24.0 Å². The second-order valence-electron chi connectivity index (χ2n) is 6.72. The highest BCUT2D eigenvalue weighted by Crippen LogP contribution is 2.28. The lowest BCUT2D eigenvalue weighted by Gasteiger charge is -2.24. The van der Waals surface area contributed by atoms with Gasteiger partial charge in [-0.05, 0) is 45.1 Å². The number of nitrogens with zero attached hydrogens (tertiary/aromatic N) is 2. The van der Waals surface area contributed by atoms with Crippen LogP contribution in [-0.2, 0) is 4.74 Å². The molecule has 2 aliphatic rings. The Morgan fingerprint density at radius 1 is 1.13 bits per heavy atom. The summed E-state index contributed by atoms with van der Waals surface area (Å²) in [5, 5.41) is 6.76. The number of hydrogen-bond acceptors (Lipinski definition) is 3. The van der Waals surface area contributed by atoms with Gasteiger partial charge < -0.3 is 20.3 Å². The van der Waals surface area contributed by atoms with Crippen molar-refractivity contribution < 1.29 is 4.74 Å². The van der Waals surface area contributed by atoms with Crippen LogP contribution in [-0.4, -0.2) is 63.8 Å². The fourth-order valence-corrected chi connectivity index (χ4v) is 3.01. The number of guanidine groups is 1. The normalized spacial score (nSPS) is 19.0. The predicted molar refractivity (Wildman–Crippen MR) is 108 cm³/mol. The predicted octanol–water partition coefficient (Wildman–Crippen LogP) is 2.46. The lowest BCUT2D eigenvalue weighted by molar-refractivity contribution is 0.123. The Morgan fingerprint density at radius 3 is 2.48 bits per heavy atom. The minimum absolute atomic E-state index is 0. The maximum atomic E-state index is 5.64. The second-order valence-corrected chi connectivity index (χ2v) is 6.72. The van der Waals surface area contributed by atoms with E-state index in [0.717, 1.165) is 57.2 Å². The van der Waals surface area contributed by atoms with Crippen LogP contribution in [0.1, 0.15) is 44.9 Å². The Kier molecular flexibility index (Phi) is 11.2. The molecule has 6 heteroatoms. The quantitative estimate of drug-likeness (QED) is 0.238. The van der Waals surface area contributed by atoms with Crippen molar-refractivity contribution in [2.75, 3.05) is 46.9 Å². The summed E-state index contributed by atoms with van der Waals surface area (Å²) in [6, 6.07) is 0.792. The summed E-state index contributed by atoms with van der Waals surface area (Å²) in [6.07, 6.45) is 9.29. The van der Waals surface area contributed by atoms with Crippen LogP contribution in [0.2, 0.25) is 0 Å². The summed E-state index contributed by atoms with van der Waals surface area (Å²) in [7, 11) is 4.07. The average Bonchev–Trinajstić information content (AvgIpc) is 3.18. The Hall–Kier alpha value is -0.0800. The molecule has 2 aliphatic carbocycles. The maximum absolute atomic E-state index is 5.64. The van der Waals surface area contributed by atoms with Crippen molar-refractivity contribution in [3.05, 3.63) is 0 Å². The van der Waals surface area contributed by atoms with Gasteiger partial charge in [-0.1, -0.05) is 12.8 Å². The topological polar surface area (TPSA) is 48.9 Å². The van der Waals surface area contributed by atoms with Gasteiger partial charge in [0.1, 0.15) is 0 Å². The van der Waals surface area contributed by atoms with Crippen molar-refractivity contribution >= 4 is 29.9 Å². The van der Waals surface area contributed by atoms with E-state index in [9.17, 15) is 0 Å². The lowest BCUT2D eigenvalue weighted by Crippen LogP contribution is -2.42. The van der Waals surface area contributed by atoms with E-state index in [1.807, 2.05) is 7.05 Å². The molecule has 0 aromatic rings. The van der Waals surface area contributed by atoms with Gasteiger partial charge in [-0.3, -0.25) is 4.99 Å². The third-order valence-electron chi connectivity index (χ3n) is 4.74. The van der Waals surface area contributed by atoms with E-state index in [1.54, 1.807) is 0 Å². The molecule has 2 fully saturated rings. The molecule has 136 valence electrons. The third kappa shape index (κ3) is 9.10. The maximum Gasteiger partial charge on any atom is 0.191 e. The van der Waals surface area contributed by atoms with Gasteiger partial charge >= 0.3 is 0 Å². The molecule has 0 bridgehead atoms. The molecule has 0 atom stereocenters. The Balaban J connectivity index is 0.00000264. The molecule has 0 aromatic heterocycles. The summed E-state index contributed by atoms with van der Waals surface area (Å²) in [5.74, 6) is 1.77. The van der Waals surface area contributed by atoms with Crippen molar-refractivity contribution in [2.24, 2.45) is 10.9 Å². The van der Waals surface area contributed by atoms with Gasteiger partial charge in [0.2, 0.25) is 0 Å². The van der Waals surface area contributed by atoms with Gasteiger partial charge in [-0.25, -0.2) is 0 Å². The molecule has 23 heavy (non-hydrogen) atoms. The Labute approximate surface area is 159 Å². The first-order valence-corrected chi connectivity index (χ1v) is 9.02. The summed E-state index contributed by atoms with van der Waals surface area (Å²) in [4.78, 5) is 6.76. The molecule has 2 rings (SSSR count). The Morgan fingerprint density at radius 2 is 1.83 bits per heavy atom. The monoisotopic (exact) mass is 438 g/mol. The van der Waals surface area contributed by atoms with Crippen molar-refractivity contribution in [3.8, 4) is 0 Å². The molecule has 5 nitrogen and oxygen atoms in total. The fourth-order valence-electron chi connectivity index (χ4n) is 3.01. The number of aliphatic imine (C=N–C) groups is 1. The highest BCUT2D eigenvalue weighted by Gasteiger charge is 2.21. The highest BCUT2D eigenvalue weighted by molar-refractivity contribution is 14.0. The van der Waals surface area contributed by atoms with Crippen molar-refractivity contribution in [3.63, 3.8) is 0 Å². The summed E-state index contributed by atoms with van der Waals surface area (Å²) >= 11 is 0. The fraction of sp³-hybridized carbons (Fsp3) is 0.941. The van der Waals surface area contributed by atoms with Crippen LogP contribution in [0.15, 0.2) is 4.99 Å². The van der Waals surface area contributed by atoms with Gasteiger partial charge in [0.25, 0.3) is 0 Å². The number of hydrogen-bond donors (Lipinski definition) is 2. The second kappa shape index (κ2) is 12.3. The van der Waals surface area contributed by atoms with E-state index >= 15 is 0 Å². The number of nitrogens with one attached hydrogen (secondary N) is 2. The van der Waals surface area contributed by atoms with Crippen LogP contribution in [0.3, 0.4) is 0 Å². The first-order valence-electron chi connectivity index (χ1n) is 9.02. The molecule has 2 saturated carbocycles. The van der Waals surface area contributed by atoms with Crippen LogP contribution >= 0.6 is 24.0 Å². The van der Waals surface area contributed by atoms with Crippen LogP contribution < -0.4 is 10.6 Å². The van der Waals surface area contributed by atoms with E-state index in [4.69, 9.17) is 4.74 Å². The first kappa shape index (κ1) is 21.0. The summed E-state index contributed by atoms with van der Waals surface area (Å²) in [6.45, 7) is 4.76. The molecule has 2 N–H and O–H groups in total. The van der Waals surface area contributed by atoms with E-state index in [0.29, 0.717) is 0 Å². The standard InChI is InChI=1S/C17H34N4O.HI/c1-18-17(19-10-5-13-22-14-15-8-9-15)20-11-12-21(2)16-6-3-4-7-16;/h15-16H,3-14H2,1-2H3,(H2,18,19,20);1H. The van der Waals surface area contributed by atoms with Gasteiger partial charge in [0, 0.05) is 45.9 Å². The number of ether oxygens (including phenoxy) is 1. The van der Waals surface area contributed by atoms with Crippen LogP contribution in [0.5, 0.6) is 0 Å². The SMILES string of the molecule is CN=C(NCCCOCC1CC1)NCCN(C)C1CCCC1.I. The van der Waals surface area contributed by atoms with Crippen LogP contribution in [0, 0.1) is 5.92 Å². The third-order valence-corrected chi connectivity index (χ3v) is 4.74. The number of likely N-dealkylation sites (N-methyl/N-ethyl adjacent to an activating group) is 1. The zero-order valence-corrected chi connectivity index (χ0v) is 17.2. The van der Waals surface area contributed by atoms with E-state index in [-0.39, 0.29) is 24.0 Å². The van der Waals surface area contributed by atoms with Crippen molar-refractivity contribution in [1.29, 1.82) is 0 Å². The summed E-state index contributed by atoms with van der Waals surface area (Å²) < 4.78 is 5.64. The number of halogens is 1. The lowest BCUT2D eigenvalue weighted by atomic mass is 10.2. The molecule has 0 aliphatic heterocycles. The molecule has 0 amide bonds. The van der Waals surface area contributed by atoms with Crippen LogP contribution in [0.4, 0.5) is 0 Å². The molecule has 0 unspecified atom stereocenters. The molecule has 0 radical (unpaired) electrons. The Bertz CT molecular complexity index is 331. The zero-order chi connectivity index (χ0) is 15.6. The van der Waals surface area contributed by atoms with E-state index < -0.39 is 0 Å². The highest BCUT2D eigenvalue weighted by atomic mass is 127. The van der Waals surface area contributed by atoms with Gasteiger partial charge in [0.05, 0.1) is 0 Å². The minimum atomic E-state index is 0. The molecular weight excluding hydrogens is 403 g/mol. The van der Waals surface area contributed by atoms with Crippen LogP contribution in [0.25, 0.3) is 0 Å². The smallest absolute Gasteiger partial charge is 0.191 e. The molecule has 0 heterocycles. The number of rotatable bonds is 10.